The van der Waals surface area contributed by atoms with Crippen molar-refractivity contribution in [3.8, 4) is 0 Å². The van der Waals surface area contributed by atoms with Crippen molar-refractivity contribution >= 4 is 5.97 Å². The summed E-state index contributed by atoms with van der Waals surface area (Å²) in [6.07, 6.45) is 7.53. The van der Waals surface area contributed by atoms with Gasteiger partial charge in [-0.2, -0.15) is 0 Å². The maximum Gasteiger partial charge on any atom is 0.330 e. The van der Waals surface area contributed by atoms with E-state index >= 15 is 0 Å². The summed E-state index contributed by atoms with van der Waals surface area (Å²) in [5, 5.41) is 0. The first-order valence-corrected chi connectivity index (χ1v) is 4.39. The second kappa shape index (κ2) is 4.70. The minimum Gasteiger partial charge on any atom is -0.466 e. The molecule has 0 unspecified atom stereocenters. The van der Waals surface area contributed by atoms with Gasteiger partial charge in [0.25, 0.3) is 0 Å². The van der Waals surface area contributed by atoms with E-state index in [4.69, 9.17) is 0 Å². The normalized spacial score (nSPS) is 17.4. The van der Waals surface area contributed by atoms with E-state index < -0.39 is 0 Å². The van der Waals surface area contributed by atoms with Crippen LogP contribution in [-0.2, 0) is 9.53 Å². The monoisotopic (exact) mass is 181 g/mol. The number of ether oxygens (including phenoxy) is 1. The van der Waals surface area contributed by atoms with Crippen LogP contribution in [-0.4, -0.2) is 31.6 Å². The fourth-order valence-corrected chi connectivity index (χ4v) is 1.31. The highest BCUT2D eigenvalue weighted by Crippen LogP contribution is 2.13. The molecule has 72 valence electrons. The molecule has 1 heterocycles. The van der Waals surface area contributed by atoms with Crippen LogP contribution in [0.2, 0.25) is 0 Å². The van der Waals surface area contributed by atoms with Crippen LogP contribution in [0.25, 0.3) is 0 Å². The van der Waals surface area contributed by atoms with Gasteiger partial charge in [0.15, 0.2) is 0 Å². The van der Waals surface area contributed by atoms with E-state index in [1.54, 1.807) is 0 Å². The third-order valence-electron chi connectivity index (χ3n) is 2.00. The summed E-state index contributed by atoms with van der Waals surface area (Å²) < 4.78 is 4.50. The minimum absolute atomic E-state index is 0.297. The van der Waals surface area contributed by atoms with E-state index in [1.807, 2.05) is 13.1 Å². The number of hydrogen-bond donors (Lipinski definition) is 0. The number of esters is 1. The van der Waals surface area contributed by atoms with Gasteiger partial charge < -0.3 is 9.64 Å². The van der Waals surface area contributed by atoms with Gasteiger partial charge in [-0.05, 0) is 18.4 Å². The molecule has 0 saturated heterocycles. The number of nitrogens with zero attached hydrogens (tertiary/aromatic N) is 1. The number of allylic oxidation sites excluding steroid dienone is 2. The number of carbonyl (C=O) groups is 1. The molecular weight excluding hydrogens is 166 g/mol. The standard InChI is InChI=1S/C10H15NO2/c1-11-7-3-4-9(8-11)5-6-10(12)13-2/h5-6,8H,3-4,7H2,1-2H3/b6-5+. The maximum absolute atomic E-state index is 10.8. The van der Waals surface area contributed by atoms with Gasteiger partial charge in [0.2, 0.25) is 0 Å². The van der Waals surface area contributed by atoms with Crippen molar-refractivity contribution in [1.82, 2.24) is 4.90 Å². The molecule has 1 rings (SSSR count). The van der Waals surface area contributed by atoms with Crippen LogP contribution in [0, 0.1) is 0 Å². The fourth-order valence-electron chi connectivity index (χ4n) is 1.31. The summed E-state index contributed by atoms with van der Waals surface area (Å²) >= 11 is 0. The molecule has 0 radical (unpaired) electrons. The van der Waals surface area contributed by atoms with Gasteiger partial charge in [0.05, 0.1) is 7.11 Å². The molecule has 1 aliphatic rings. The lowest BCUT2D eigenvalue weighted by Crippen LogP contribution is -2.17. The molecule has 3 heteroatoms. The van der Waals surface area contributed by atoms with Crippen LogP contribution in [0.4, 0.5) is 0 Å². The molecule has 0 aromatic rings. The Hall–Kier alpha value is -1.25. The quantitative estimate of drug-likeness (QED) is 0.475. The average molecular weight is 181 g/mol. The van der Waals surface area contributed by atoms with Crippen LogP contribution in [0.3, 0.4) is 0 Å². The van der Waals surface area contributed by atoms with E-state index in [1.165, 1.54) is 18.8 Å². The summed E-state index contributed by atoms with van der Waals surface area (Å²) in [7, 11) is 3.42. The van der Waals surface area contributed by atoms with Crippen molar-refractivity contribution in [3.63, 3.8) is 0 Å². The zero-order chi connectivity index (χ0) is 9.68. The van der Waals surface area contributed by atoms with Gasteiger partial charge in [-0.3, -0.25) is 0 Å². The van der Waals surface area contributed by atoms with Gasteiger partial charge in [0.1, 0.15) is 0 Å². The molecule has 0 atom stereocenters. The maximum atomic E-state index is 10.8. The Morgan fingerprint density at radius 2 is 2.46 bits per heavy atom. The predicted octanol–water partition coefficient (Wildman–Crippen LogP) is 1.33. The smallest absolute Gasteiger partial charge is 0.330 e. The first-order valence-electron chi connectivity index (χ1n) is 4.39. The largest absolute Gasteiger partial charge is 0.466 e. The molecule has 0 aliphatic carbocycles. The van der Waals surface area contributed by atoms with Gasteiger partial charge >= 0.3 is 5.97 Å². The Morgan fingerprint density at radius 3 is 3.08 bits per heavy atom. The molecule has 0 saturated carbocycles. The second-order valence-electron chi connectivity index (χ2n) is 3.14. The Kier molecular flexibility index (Phi) is 3.55. The molecule has 0 aromatic heterocycles. The average Bonchev–Trinajstić information content (AvgIpc) is 2.14. The van der Waals surface area contributed by atoms with Crippen molar-refractivity contribution in [1.29, 1.82) is 0 Å². The van der Waals surface area contributed by atoms with Crippen LogP contribution in [0.1, 0.15) is 12.8 Å². The first-order chi connectivity index (χ1) is 6.22. The molecule has 0 aromatic carbocycles. The van der Waals surface area contributed by atoms with Crippen molar-refractivity contribution in [2.45, 2.75) is 12.8 Å². The summed E-state index contributed by atoms with van der Waals surface area (Å²) in [4.78, 5) is 12.9. The van der Waals surface area contributed by atoms with Crippen molar-refractivity contribution in [2.24, 2.45) is 0 Å². The number of hydrogen-bond acceptors (Lipinski definition) is 3. The van der Waals surface area contributed by atoms with Crippen LogP contribution in [0.5, 0.6) is 0 Å². The molecule has 13 heavy (non-hydrogen) atoms. The SMILES string of the molecule is COC(=O)/C=C/C1=CN(C)CCC1. The van der Waals surface area contributed by atoms with Gasteiger partial charge in [-0.1, -0.05) is 6.08 Å². The first kappa shape index (κ1) is 9.84. The van der Waals surface area contributed by atoms with E-state index in [9.17, 15) is 4.79 Å². The Bertz CT molecular complexity index is 243. The lowest BCUT2D eigenvalue weighted by atomic mass is 10.1. The molecule has 0 bridgehead atoms. The third kappa shape index (κ3) is 3.32. The Morgan fingerprint density at radius 1 is 1.69 bits per heavy atom. The minimum atomic E-state index is -0.297. The zero-order valence-electron chi connectivity index (χ0n) is 8.12. The summed E-state index contributed by atoms with van der Waals surface area (Å²) in [5.41, 5.74) is 1.18. The van der Waals surface area contributed by atoms with Gasteiger partial charge in [-0.25, -0.2) is 4.79 Å². The third-order valence-corrected chi connectivity index (χ3v) is 2.00. The van der Waals surface area contributed by atoms with E-state index in [-0.39, 0.29) is 5.97 Å². The molecule has 1 aliphatic heterocycles. The second-order valence-corrected chi connectivity index (χ2v) is 3.14. The number of rotatable bonds is 2. The number of methoxy groups -OCH3 is 1. The number of carbonyl (C=O) groups excluding carboxylic acids is 1. The molecule has 0 spiro atoms. The fraction of sp³-hybridized carbons (Fsp3) is 0.500. The zero-order valence-corrected chi connectivity index (χ0v) is 8.12. The molecule has 0 amide bonds. The predicted molar refractivity (Wildman–Crippen MR) is 51.1 cm³/mol. The van der Waals surface area contributed by atoms with E-state index in [2.05, 4.69) is 15.8 Å². The van der Waals surface area contributed by atoms with Crippen molar-refractivity contribution in [2.75, 3.05) is 20.7 Å². The Balaban J connectivity index is 2.52. The summed E-state index contributed by atoms with van der Waals surface area (Å²) in [6.45, 7) is 1.09. The van der Waals surface area contributed by atoms with Crippen LogP contribution < -0.4 is 0 Å². The topological polar surface area (TPSA) is 29.5 Å². The van der Waals surface area contributed by atoms with Gasteiger partial charge in [-0.15, -0.1) is 0 Å². The molecule has 0 fully saturated rings. The highest BCUT2D eigenvalue weighted by atomic mass is 16.5. The Labute approximate surface area is 78.7 Å². The van der Waals surface area contributed by atoms with Crippen LogP contribution >= 0.6 is 0 Å². The molecular formula is C10H15NO2. The molecule has 3 nitrogen and oxygen atoms in total. The summed E-state index contributed by atoms with van der Waals surface area (Å²) in [6, 6.07) is 0. The van der Waals surface area contributed by atoms with Gasteiger partial charge in [0, 0.05) is 25.9 Å². The van der Waals surface area contributed by atoms with Crippen LogP contribution in [0.15, 0.2) is 23.9 Å². The highest BCUT2D eigenvalue weighted by molar-refractivity contribution is 5.82. The van der Waals surface area contributed by atoms with E-state index in [0.717, 1.165) is 19.4 Å². The lowest BCUT2D eigenvalue weighted by Gasteiger charge is -2.20. The van der Waals surface area contributed by atoms with Crippen molar-refractivity contribution < 1.29 is 9.53 Å². The molecule has 0 N–H and O–H groups in total. The van der Waals surface area contributed by atoms with Crippen molar-refractivity contribution in [3.05, 3.63) is 23.9 Å². The highest BCUT2D eigenvalue weighted by Gasteiger charge is 2.04. The summed E-state index contributed by atoms with van der Waals surface area (Å²) in [5.74, 6) is -0.297. The lowest BCUT2D eigenvalue weighted by molar-refractivity contribution is -0.134. The van der Waals surface area contributed by atoms with E-state index in [0.29, 0.717) is 0 Å².